The quantitative estimate of drug-likeness (QED) is 0.733. The molecule has 21 heavy (non-hydrogen) atoms. The first-order valence-electron chi connectivity index (χ1n) is 6.13. The number of aromatic nitrogens is 4. The highest BCUT2D eigenvalue weighted by Crippen LogP contribution is 2.23. The van der Waals surface area contributed by atoms with Crippen LogP contribution >= 0.6 is 11.3 Å². The van der Waals surface area contributed by atoms with Crippen LogP contribution in [0.2, 0.25) is 0 Å². The molecule has 0 saturated carbocycles. The number of hydrogen-bond acceptors (Lipinski definition) is 6. The van der Waals surface area contributed by atoms with Gasteiger partial charge in [-0.1, -0.05) is 41.7 Å². The van der Waals surface area contributed by atoms with Gasteiger partial charge in [-0.2, -0.15) is 0 Å². The predicted molar refractivity (Wildman–Crippen MR) is 79.8 cm³/mol. The number of imidazole rings is 1. The van der Waals surface area contributed by atoms with Crippen LogP contribution < -0.4 is 0 Å². The first kappa shape index (κ1) is 13.9. The second-order valence-electron chi connectivity index (χ2n) is 4.48. The van der Waals surface area contributed by atoms with Gasteiger partial charge in [-0.05, 0) is 0 Å². The summed E-state index contributed by atoms with van der Waals surface area (Å²) in [5.41, 5.74) is 0.996. The maximum atomic E-state index is 11.6. The van der Waals surface area contributed by atoms with E-state index in [-0.39, 0.29) is 5.16 Å². The van der Waals surface area contributed by atoms with Crippen molar-refractivity contribution in [2.24, 2.45) is 0 Å². The van der Waals surface area contributed by atoms with E-state index in [1.54, 1.807) is 10.8 Å². The molecule has 0 amide bonds. The summed E-state index contributed by atoms with van der Waals surface area (Å²) in [6.45, 7) is 0.340. The minimum atomic E-state index is -3.35. The summed E-state index contributed by atoms with van der Waals surface area (Å²) in [6.07, 6.45) is 4.23. The lowest BCUT2D eigenvalue weighted by Crippen LogP contribution is -2.09. The number of sulfone groups is 1. The average Bonchev–Trinajstić information content (AvgIpc) is 3.09. The summed E-state index contributed by atoms with van der Waals surface area (Å²) >= 11 is 1.44. The molecule has 8 heteroatoms. The van der Waals surface area contributed by atoms with Crippen molar-refractivity contribution in [2.45, 2.75) is 11.7 Å². The maximum Gasteiger partial charge on any atom is 0.227 e. The fourth-order valence-electron chi connectivity index (χ4n) is 1.91. The van der Waals surface area contributed by atoms with Crippen LogP contribution in [0.4, 0.5) is 0 Å². The summed E-state index contributed by atoms with van der Waals surface area (Å²) in [6, 6.07) is 9.74. The summed E-state index contributed by atoms with van der Waals surface area (Å²) in [5, 5.41) is 9.85. The highest BCUT2D eigenvalue weighted by atomic mass is 32.2. The standard InChI is InChI=1S/C13H12N4O2S2/c1-21(18,19)13-14-7-8-17(13)9-11-15-16-12(20-11)10-5-3-2-4-6-10/h2-8H,9H2,1H3. The van der Waals surface area contributed by atoms with Gasteiger partial charge < -0.3 is 4.57 Å². The van der Waals surface area contributed by atoms with Crippen LogP contribution in [-0.4, -0.2) is 34.4 Å². The zero-order chi connectivity index (χ0) is 14.9. The highest BCUT2D eigenvalue weighted by Gasteiger charge is 2.16. The molecule has 2 aromatic heterocycles. The van der Waals surface area contributed by atoms with Crippen LogP contribution in [0, 0.1) is 0 Å². The fraction of sp³-hybridized carbons (Fsp3) is 0.154. The molecule has 3 aromatic rings. The minimum absolute atomic E-state index is 0.0407. The van der Waals surface area contributed by atoms with Crippen molar-refractivity contribution in [3.05, 3.63) is 47.7 Å². The predicted octanol–water partition coefficient (Wildman–Crippen LogP) is 1.85. The number of benzene rings is 1. The molecule has 1 aromatic carbocycles. The van der Waals surface area contributed by atoms with E-state index in [1.807, 2.05) is 30.3 Å². The molecule has 0 unspecified atom stereocenters. The van der Waals surface area contributed by atoms with E-state index in [0.717, 1.165) is 21.8 Å². The molecule has 0 N–H and O–H groups in total. The Morgan fingerprint density at radius 1 is 1.19 bits per heavy atom. The van der Waals surface area contributed by atoms with Gasteiger partial charge in [-0.3, -0.25) is 0 Å². The van der Waals surface area contributed by atoms with Gasteiger partial charge in [-0.25, -0.2) is 13.4 Å². The van der Waals surface area contributed by atoms with Crippen molar-refractivity contribution in [2.75, 3.05) is 6.26 Å². The molecule has 0 radical (unpaired) electrons. The van der Waals surface area contributed by atoms with Crippen LogP contribution in [-0.2, 0) is 16.4 Å². The number of rotatable bonds is 4. The van der Waals surface area contributed by atoms with Crippen molar-refractivity contribution in [1.82, 2.24) is 19.7 Å². The van der Waals surface area contributed by atoms with Gasteiger partial charge >= 0.3 is 0 Å². The third kappa shape index (κ3) is 3.01. The Kier molecular flexibility index (Phi) is 3.56. The zero-order valence-electron chi connectivity index (χ0n) is 11.2. The van der Waals surface area contributed by atoms with E-state index in [9.17, 15) is 8.42 Å². The molecule has 0 aliphatic carbocycles. The van der Waals surface area contributed by atoms with Gasteiger partial charge in [-0.15, -0.1) is 10.2 Å². The first-order chi connectivity index (χ1) is 10.0. The van der Waals surface area contributed by atoms with E-state index in [4.69, 9.17) is 0 Å². The van der Waals surface area contributed by atoms with E-state index < -0.39 is 9.84 Å². The van der Waals surface area contributed by atoms with E-state index >= 15 is 0 Å². The van der Waals surface area contributed by atoms with Gasteiger partial charge in [0, 0.05) is 24.2 Å². The lowest BCUT2D eigenvalue weighted by atomic mass is 10.2. The second kappa shape index (κ2) is 5.38. The van der Waals surface area contributed by atoms with Gasteiger partial charge in [0.15, 0.2) is 0 Å². The third-order valence-corrected chi connectivity index (χ3v) is 4.76. The smallest absolute Gasteiger partial charge is 0.227 e. The van der Waals surface area contributed by atoms with Gasteiger partial charge in [0.1, 0.15) is 10.0 Å². The monoisotopic (exact) mass is 320 g/mol. The van der Waals surface area contributed by atoms with Gasteiger partial charge in [0.2, 0.25) is 15.0 Å². The van der Waals surface area contributed by atoms with Gasteiger partial charge in [0.05, 0.1) is 6.54 Å². The molecular formula is C13H12N4O2S2. The van der Waals surface area contributed by atoms with Crippen LogP contribution in [0.3, 0.4) is 0 Å². The largest absolute Gasteiger partial charge is 0.315 e. The van der Waals surface area contributed by atoms with Crippen LogP contribution in [0.15, 0.2) is 47.9 Å². The van der Waals surface area contributed by atoms with Crippen molar-refractivity contribution in [3.63, 3.8) is 0 Å². The van der Waals surface area contributed by atoms with Crippen molar-refractivity contribution in [1.29, 1.82) is 0 Å². The summed E-state index contributed by atoms with van der Waals surface area (Å²) in [4.78, 5) is 3.88. The molecule has 3 rings (SSSR count). The molecule has 6 nitrogen and oxygen atoms in total. The van der Waals surface area contributed by atoms with Crippen molar-refractivity contribution in [3.8, 4) is 10.6 Å². The first-order valence-corrected chi connectivity index (χ1v) is 8.84. The number of hydrogen-bond donors (Lipinski definition) is 0. The van der Waals surface area contributed by atoms with E-state index in [1.165, 1.54) is 17.5 Å². The van der Waals surface area contributed by atoms with Crippen LogP contribution in [0.25, 0.3) is 10.6 Å². The molecule has 0 bridgehead atoms. The molecular weight excluding hydrogens is 308 g/mol. The third-order valence-electron chi connectivity index (χ3n) is 2.80. The molecule has 2 heterocycles. The Hall–Kier alpha value is -2.06. The van der Waals surface area contributed by atoms with Crippen molar-refractivity contribution < 1.29 is 8.42 Å². The summed E-state index contributed by atoms with van der Waals surface area (Å²) in [5.74, 6) is 0. The maximum absolute atomic E-state index is 11.6. The SMILES string of the molecule is CS(=O)(=O)c1nccn1Cc1nnc(-c2ccccc2)s1. The van der Waals surface area contributed by atoms with E-state index in [0.29, 0.717) is 6.54 Å². The molecule has 0 aliphatic heterocycles. The second-order valence-corrected chi connectivity index (χ2v) is 7.45. The summed E-state index contributed by atoms with van der Waals surface area (Å²) in [7, 11) is -3.35. The van der Waals surface area contributed by atoms with Gasteiger partial charge in [0.25, 0.3) is 0 Å². The minimum Gasteiger partial charge on any atom is -0.315 e. The fourth-order valence-corrected chi connectivity index (χ4v) is 3.55. The Bertz CT molecular complexity index is 853. The Morgan fingerprint density at radius 3 is 2.67 bits per heavy atom. The number of nitrogens with zero attached hydrogens (tertiary/aromatic N) is 4. The molecule has 0 saturated heterocycles. The lowest BCUT2D eigenvalue weighted by molar-refractivity contribution is 0.577. The Morgan fingerprint density at radius 2 is 1.95 bits per heavy atom. The van der Waals surface area contributed by atoms with E-state index in [2.05, 4.69) is 15.2 Å². The normalized spacial score (nSPS) is 11.7. The molecule has 0 atom stereocenters. The lowest BCUT2D eigenvalue weighted by Gasteiger charge is -2.02. The topological polar surface area (TPSA) is 77.7 Å². The average molecular weight is 320 g/mol. The van der Waals surface area contributed by atoms with Crippen LogP contribution in [0.1, 0.15) is 5.01 Å². The summed E-state index contributed by atoms with van der Waals surface area (Å²) < 4.78 is 24.8. The zero-order valence-corrected chi connectivity index (χ0v) is 12.8. The molecule has 0 aliphatic rings. The Balaban J connectivity index is 1.88. The highest BCUT2D eigenvalue weighted by molar-refractivity contribution is 7.90. The van der Waals surface area contributed by atoms with Crippen LogP contribution in [0.5, 0.6) is 0 Å². The molecule has 108 valence electrons. The molecule has 0 spiro atoms. The molecule has 0 fully saturated rings. The Labute approximate surface area is 126 Å². The van der Waals surface area contributed by atoms with Crippen molar-refractivity contribution >= 4 is 21.2 Å².